The zero-order valence-electron chi connectivity index (χ0n) is 7.68. The Hall–Kier alpha value is -0.820. The Morgan fingerprint density at radius 3 is 2.92 bits per heavy atom. The molecule has 0 aromatic heterocycles. The van der Waals surface area contributed by atoms with Gasteiger partial charge in [-0.3, -0.25) is 4.99 Å². The SMILES string of the molecule is C/N=C1\CCCc2cccc(Cl)c21. The maximum atomic E-state index is 6.13. The number of benzene rings is 1. The van der Waals surface area contributed by atoms with E-state index in [0.29, 0.717) is 0 Å². The van der Waals surface area contributed by atoms with Crippen molar-refractivity contribution < 1.29 is 0 Å². The van der Waals surface area contributed by atoms with Crippen molar-refractivity contribution in [2.75, 3.05) is 7.05 Å². The molecule has 0 bridgehead atoms. The number of fused-ring (bicyclic) bond motifs is 1. The summed E-state index contributed by atoms with van der Waals surface area (Å²) >= 11 is 6.13. The Bertz CT molecular complexity index is 355. The van der Waals surface area contributed by atoms with Gasteiger partial charge in [0.25, 0.3) is 0 Å². The molecule has 0 atom stereocenters. The van der Waals surface area contributed by atoms with Crippen LogP contribution in [0.2, 0.25) is 5.02 Å². The molecule has 0 saturated heterocycles. The van der Waals surface area contributed by atoms with E-state index in [2.05, 4.69) is 11.1 Å². The predicted octanol–water partition coefficient (Wildman–Crippen LogP) is 3.10. The highest BCUT2D eigenvalue weighted by Crippen LogP contribution is 2.27. The number of hydrogen-bond donors (Lipinski definition) is 0. The summed E-state index contributed by atoms with van der Waals surface area (Å²) in [5.41, 5.74) is 3.68. The fourth-order valence-electron chi connectivity index (χ4n) is 1.90. The van der Waals surface area contributed by atoms with Crippen LogP contribution < -0.4 is 0 Å². The van der Waals surface area contributed by atoms with Gasteiger partial charge in [-0.05, 0) is 30.9 Å². The molecule has 0 fully saturated rings. The van der Waals surface area contributed by atoms with E-state index in [0.717, 1.165) is 23.6 Å². The Labute approximate surface area is 83.4 Å². The number of rotatable bonds is 0. The lowest BCUT2D eigenvalue weighted by atomic mass is 9.90. The molecule has 68 valence electrons. The average Bonchev–Trinajstić information content (AvgIpc) is 2.17. The van der Waals surface area contributed by atoms with Gasteiger partial charge >= 0.3 is 0 Å². The van der Waals surface area contributed by atoms with Crippen LogP contribution in [0, 0.1) is 0 Å². The molecule has 0 spiro atoms. The minimum atomic E-state index is 0.845. The number of halogens is 1. The third-order valence-electron chi connectivity index (χ3n) is 2.52. The minimum absolute atomic E-state index is 0.845. The normalized spacial score (nSPS) is 18.8. The van der Waals surface area contributed by atoms with E-state index in [1.165, 1.54) is 17.5 Å². The summed E-state index contributed by atoms with van der Waals surface area (Å²) in [5.74, 6) is 0. The smallest absolute Gasteiger partial charge is 0.0499 e. The van der Waals surface area contributed by atoms with Gasteiger partial charge in [-0.2, -0.15) is 0 Å². The van der Waals surface area contributed by atoms with Gasteiger partial charge in [-0.25, -0.2) is 0 Å². The number of hydrogen-bond acceptors (Lipinski definition) is 1. The second kappa shape index (κ2) is 3.51. The molecule has 13 heavy (non-hydrogen) atoms. The molecule has 0 unspecified atom stereocenters. The van der Waals surface area contributed by atoms with Crippen molar-refractivity contribution in [1.82, 2.24) is 0 Å². The molecule has 0 amide bonds. The first-order chi connectivity index (χ1) is 6.33. The molecular formula is C11H12ClN. The van der Waals surface area contributed by atoms with Crippen LogP contribution in [0.25, 0.3) is 0 Å². The van der Waals surface area contributed by atoms with Crippen LogP contribution in [-0.2, 0) is 6.42 Å². The fraction of sp³-hybridized carbons (Fsp3) is 0.364. The van der Waals surface area contributed by atoms with E-state index >= 15 is 0 Å². The molecule has 0 radical (unpaired) electrons. The number of nitrogens with zero attached hydrogens (tertiary/aromatic N) is 1. The van der Waals surface area contributed by atoms with Crippen LogP contribution in [0.5, 0.6) is 0 Å². The summed E-state index contributed by atoms with van der Waals surface area (Å²) in [6.07, 6.45) is 3.39. The lowest BCUT2D eigenvalue weighted by Gasteiger charge is -2.18. The molecule has 2 heteroatoms. The third kappa shape index (κ3) is 1.49. The first-order valence-corrected chi connectivity index (χ1v) is 4.94. The van der Waals surface area contributed by atoms with E-state index in [1.807, 2.05) is 19.2 Å². The summed E-state index contributed by atoms with van der Waals surface area (Å²) in [6, 6.07) is 6.10. The van der Waals surface area contributed by atoms with Crippen molar-refractivity contribution in [1.29, 1.82) is 0 Å². The van der Waals surface area contributed by atoms with E-state index in [1.54, 1.807) is 0 Å². The van der Waals surface area contributed by atoms with Gasteiger partial charge in [0.1, 0.15) is 0 Å². The minimum Gasteiger partial charge on any atom is -0.292 e. The standard InChI is InChI=1S/C11H12ClN/c1-13-10-7-3-5-8-4-2-6-9(12)11(8)10/h2,4,6H,3,5,7H2,1H3/b13-10+. The van der Waals surface area contributed by atoms with Crippen molar-refractivity contribution in [2.45, 2.75) is 19.3 Å². The van der Waals surface area contributed by atoms with Gasteiger partial charge in [-0.1, -0.05) is 23.7 Å². The molecule has 1 aliphatic carbocycles. The van der Waals surface area contributed by atoms with Crippen molar-refractivity contribution >= 4 is 17.3 Å². The Morgan fingerprint density at radius 2 is 2.15 bits per heavy atom. The van der Waals surface area contributed by atoms with E-state index in [9.17, 15) is 0 Å². The van der Waals surface area contributed by atoms with E-state index < -0.39 is 0 Å². The predicted molar refractivity (Wildman–Crippen MR) is 56.9 cm³/mol. The lowest BCUT2D eigenvalue weighted by molar-refractivity contribution is 0.837. The summed E-state index contributed by atoms with van der Waals surface area (Å²) in [6.45, 7) is 0. The zero-order valence-corrected chi connectivity index (χ0v) is 8.43. The van der Waals surface area contributed by atoms with Crippen LogP contribution in [0.15, 0.2) is 23.2 Å². The van der Waals surface area contributed by atoms with E-state index in [4.69, 9.17) is 11.6 Å². The Kier molecular flexibility index (Phi) is 2.36. The van der Waals surface area contributed by atoms with Gasteiger partial charge in [0.2, 0.25) is 0 Å². The third-order valence-corrected chi connectivity index (χ3v) is 2.83. The van der Waals surface area contributed by atoms with Crippen molar-refractivity contribution in [3.05, 3.63) is 34.3 Å². The number of aliphatic imine (C=N–C) groups is 1. The van der Waals surface area contributed by atoms with Crippen molar-refractivity contribution in [2.24, 2.45) is 4.99 Å². The summed E-state index contributed by atoms with van der Waals surface area (Å²) in [7, 11) is 1.84. The van der Waals surface area contributed by atoms with Crippen LogP contribution in [0.3, 0.4) is 0 Å². The van der Waals surface area contributed by atoms with Crippen LogP contribution in [0.1, 0.15) is 24.0 Å². The average molecular weight is 194 g/mol. The van der Waals surface area contributed by atoms with Gasteiger partial charge in [0, 0.05) is 23.3 Å². The molecule has 1 aromatic carbocycles. The molecule has 1 aromatic rings. The van der Waals surface area contributed by atoms with Gasteiger partial charge < -0.3 is 0 Å². The first kappa shape index (κ1) is 8.76. The second-order valence-corrected chi connectivity index (χ2v) is 3.71. The quantitative estimate of drug-likeness (QED) is 0.601. The highest BCUT2D eigenvalue weighted by atomic mass is 35.5. The highest BCUT2D eigenvalue weighted by molar-refractivity contribution is 6.34. The molecule has 1 aliphatic rings. The van der Waals surface area contributed by atoms with Crippen molar-refractivity contribution in [3.63, 3.8) is 0 Å². The Balaban J connectivity index is 2.60. The topological polar surface area (TPSA) is 12.4 Å². The molecular weight excluding hydrogens is 182 g/mol. The molecule has 1 nitrogen and oxygen atoms in total. The molecule has 2 rings (SSSR count). The summed E-state index contributed by atoms with van der Waals surface area (Å²) in [5, 5.41) is 0.845. The first-order valence-electron chi connectivity index (χ1n) is 4.56. The maximum absolute atomic E-state index is 6.13. The van der Waals surface area contributed by atoms with Gasteiger partial charge in [-0.15, -0.1) is 0 Å². The summed E-state index contributed by atoms with van der Waals surface area (Å²) in [4.78, 5) is 4.28. The van der Waals surface area contributed by atoms with Crippen LogP contribution in [0.4, 0.5) is 0 Å². The van der Waals surface area contributed by atoms with Gasteiger partial charge in [0.15, 0.2) is 0 Å². The van der Waals surface area contributed by atoms with E-state index in [-0.39, 0.29) is 0 Å². The fourth-order valence-corrected chi connectivity index (χ4v) is 2.20. The number of aryl methyl sites for hydroxylation is 1. The molecule has 0 heterocycles. The lowest BCUT2D eigenvalue weighted by Crippen LogP contribution is -2.12. The molecule has 0 aliphatic heterocycles. The molecule has 0 saturated carbocycles. The van der Waals surface area contributed by atoms with Gasteiger partial charge in [0.05, 0.1) is 0 Å². The zero-order chi connectivity index (χ0) is 9.26. The maximum Gasteiger partial charge on any atom is 0.0499 e. The molecule has 0 N–H and O–H groups in total. The van der Waals surface area contributed by atoms with Crippen LogP contribution >= 0.6 is 11.6 Å². The monoisotopic (exact) mass is 193 g/mol. The van der Waals surface area contributed by atoms with Crippen molar-refractivity contribution in [3.8, 4) is 0 Å². The highest BCUT2D eigenvalue weighted by Gasteiger charge is 2.16. The van der Waals surface area contributed by atoms with Crippen LogP contribution in [-0.4, -0.2) is 12.8 Å². The summed E-state index contributed by atoms with van der Waals surface area (Å²) < 4.78 is 0. The Morgan fingerprint density at radius 1 is 1.31 bits per heavy atom. The largest absolute Gasteiger partial charge is 0.292 e. The second-order valence-electron chi connectivity index (χ2n) is 3.30.